The molecule has 20 heavy (non-hydrogen) atoms. The van der Waals surface area contributed by atoms with E-state index in [1.165, 1.54) is 0 Å². The zero-order chi connectivity index (χ0) is 14.5. The molecule has 0 aromatic heterocycles. The molecule has 2 N–H and O–H groups in total. The highest BCUT2D eigenvalue weighted by Gasteiger charge is 2.07. The molecule has 0 spiro atoms. The maximum Gasteiger partial charge on any atom is 0.134 e. The fraction of sp³-hybridized carbons (Fsp3) is 0.133. The number of anilines is 1. The monoisotopic (exact) mass is 304 g/mol. The quantitative estimate of drug-likeness (QED) is 0.682. The molecule has 0 heterocycles. The molecule has 2 aromatic rings. The third-order valence-corrected chi connectivity index (χ3v) is 4.21. The van der Waals surface area contributed by atoms with Crippen molar-refractivity contribution in [1.29, 1.82) is 5.26 Å². The molecule has 0 atom stereocenters. The Kier molecular flexibility index (Phi) is 4.78. The van der Waals surface area contributed by atoms with Crippen LogP contribution in [0.4, 0.5) is 5.69 Å². The van der Waals surface area contributed by atoms with E-state index in [4.69, 9.17) is 27.3 Å². The lowest BCUT2D eigenvalue weighted by molar-refractivity contribution is 0.405. The van der Waals surface area contributed by atoms with Crippen LogP contribution in [0.1, 0.15) is 11.1 Å². The molecule has 0 saturated carbocycles. The number of hydrogen-bond acceptors (Lipinski definition) is 4. The average Bonchev–Trinajstić information content (AvgIpc) is 2.46. The lowest BCUT2D eigenvalue weighted by Gasteiger charge is -2.09. The zero-order valence-corrected chi connectivity index (χ0v) is 12.5. The van der Waals surface area contributed by atoms with Gasteiger partial charge in [0, 0.05) is 27.4 Å². The first-order chi connectivity index (χ1) is 9.63. The van der Waals surface area contributed by atoms with Crippen molar-refractivity contribution in [2.24, 2.45) is 0 Å². The standard InChI is InChI=1S/C15H13ClN2OS/c1-19-14-7-12(18)4-5-15(14)20-9-11-3-2-10(8-17)6-13(11)16/h2-7H,9,18H2,1H3. The number of nitrogen functional groups attached to an aromatic ring is 1. The number of nitriles is 1. The molecule has 2 aromatic carbocycles. The van der Waals surface area contributed by atoms with E-state index in [1.807, 2.05) is 18.2 Å². The van der Waals surface area contributed by atoms with Gasteiger partial charge in [-0.3, -0.25) is 0 Å². The van der Waals surface area contributed by atoms with Crippen molar-refractivity contribution in [3.63, 3.8) is 0 Å². The average molecular weight is 305 g/mol. The van der Waals surface area contributed by atoms with Gasteiger partial charge in [0.2, 0.25) is 0 Å². The van der Waals surface area contributed by atoms with Crippen LogP contribution in [-0.2, 0) is 5.75 Å². The van der Waals surface area contributed by atoms with Gasteiger partial charge in [0.05, 0.1) is 18.7 Å². The Morgan fingerprint density at radius 2 is 2.10 bits per heavy atom. The molecule has 0 saturated heterocycles. The van der Waals surface area contributed by atoms with Gasteiger partial charge in [-0.25, -0.2) is 0 Å². The Hall–Kier alpha value is -1.83. The van der Waals surface area contributed by atoms with Gasteiger partial charge >= 0.3 is 0 Å². The van der Waals surface area contributed by atoms with Crippen LogP contribution in [0.15, 0.2) is 41.3 Å². The molecule has 2 rings (SSSR count). The van der Waals surface area contributed by atoms with Crippen molar-refractivity contribution in [1.82, 2.24) is 0 Å². The molecule has 0 aliphatic heterocycles. The maximum absolute atomic E-state index is 8.81. The van der Waals surface area contributed by atoms with Crippen molar-refractivity contribution in [2.75, 3.05) is 12.8 Å². The fourth-order valence-corrected chi connectivity index (χ4v) is 3.03. The SMILES string of the molecule is COc1cc(N)ccc1SCc1ccc(C#N)cc1Cl. The predicted molar refractivity (Wildman–Crippen MR) is 83.1 cm³/mol. The van der Waals surface area contributed by atoms with Crippen LogP contribution in [0, 0.1) is 11.3 Å². The molecule has 0 unspecified atom stereocenters. The van der Waals surface area contributed by atoms with Crippen molar-refractivity contribution in [2.45, 2.75) is 10.6 Å². The van der Waals surface area contributed by atoms with E-state index in [0.29, 0.717) is 22.0 Å². The fourth-order valence-electron chi connectivity index (χ4n) is 1.69. The van der Waals surface area contributed by atoms with Crippen LogP contribution < -0.4 is 10.5 Å². The number of hydrogen-bond donors (Lipinski definition) is 1. The van der Waals surface area contributed by atoms with Gasteiger partial charge in [0.25, 0.3) is 0 Å². The Morgan fingerprint density at radius 3 is 2.75 bits per heavy atom. The summed E-state index contributed by atoms with van der Waals surface area (Å²) in [6.07, 6.45) is 0. The molecular weight excluding hydrogens is 292 g/mol. The van der Waals surface area contributed by atoms with Crippen molar-refractivity contribution < 1.29 is 4.74 Å². The molecule has 0 radical (unpaired) electrons. The second-order valence-electron chi connectivity index (χ2n) is 4.12. The van der Waals surface area contributed by atoms with Gasteiger partial charge in [0.15, 0.2) is 0 Å². The molecule has 0 fully saturated rings. The molecule has 3 nitrogen and oxygen atoms in total. The van der Waals surface area contributed by atoms with Crippen molar-refractivity contribution in [3.05, 3.63) is 52.5 Å². The lowest BCUT2D eigenvalue weighted by atomic mass is 10.2. The molecule has 5 heteroatoms. The van der Waals surface area contributed by atoms with E-state index >= 15 is 0 Å². The van der Waals surface area contributed by atoms with Crippen LogP contribution >= 0.6 is 23.4 Å². The first-order valence-corrected chi connectivity index (χ1v) is 7.25. The number of nitrogens with two attached hydrogens (primary N) is 1. The van der Waals surface area contributed by atoms with E-state index in [9.17, 15) is 0 Å². The van der Waals surface area contributed by atoms with Crippen LogP contribution in [-0.4, -0.2) is 7.11 Å². The summed E-state index contributed by atoms with van der Waals surface area (Å²) in [5.41, 5.74) is 7.94. The number of halogens is 1. The number of nitrogens with zero attached hydrogens (tertiary/aromatic N) is 1. The third-order valence-electron chi connectivity index (χ3n) is 2.75. The van der Waals surface area contributed by atoms with Gasteiger partial charge in [-0.15, -0.1) is 11.8 Å². The second-order valence-corrected chi connectivity index (χ2v) is 5.54. The van der Waals surface area contributed by atoms with E-state index in [1.54, 1.807) is 37.1 Å². The van der Waals surface area contributed by atoms with Crippen molar-refractivity contribution in [3.8, 4) is 11.8 Å². The summed E-state index contributed by atoms with van der Waals surface area (Å²) in [7, 11) is 1.62. The Bertz CT molecular complexity index is 667. The summed E-state index contributed by atoms with van der Waals surface area (Å²) in [4.78, 5) is 1.00. The Balaban J connectivity index is 2.15. The van der Waals surface area contributed by atoms with E-state index in [0.717, 1.165) is 16.2 Å². The summed E-state index contributed by atoms with van der Waals surface area (Å²) < 4.78 is 5.30. The number of thioether (sulfide) groups is 1. The van der Waals surface area contributed by atoms with E-state index < -0.39 is 0 Å². The summed E-state index contributed by atoms with van der Waals surface area (Å²) in [6.45, 7) is 0. The highest BCUT2D eigenvalue weighted by atomic mass is 35.5. The normalized spacial score (nSPS) is 10.1. The largest absolute Gasteiger partial charge is 0.496 e. The Labute approximate surface area is 127 Å². The van der Waals surface area contributed by atoms with Gasteiger partial charge in [-0.2, -0.15) is 5.26 Å². The highest BCUT2D eigenvalue weighted by molar-refractivity contribution is 7.98. The number of rotatable bonds is 4. The summed E-state index contributed by atoms with van der Waals surface area (Å²) >= 11 is 7.77. The maximum atomic E-state index is 8.81. The molecule has 102 valence electrons. The molecule has 0 amide bonds. The van der Waals surface area contributed by atoms with E-state index in [2.05, 4.69) is 6.07 Å². The minimum absolute atomic E-state index is 0.564. The number of benzene rings is 2. The number of methoxy groups -OCH3 is 1. The number of ether oxygens (including phenoxy) is 1. The summed E-state index contributed by atoms with van der Waals surface area (Å²) in [5, 5.41) is 9.42. The van der Waals surface area contributed by atoms with Crippen LogP contribution in [0.2, 0.25) is 5.02 Å². The minimum atomic E-state index is 0.564. The Morgan fingerprint density at radius 1 is 1.30 bits per heavy atom. The van der Waals surface area contributed by atoms with Crippen LogP contribution in [0.25, 0.3) is 0 Å². The molecule has 0 bridgehead atoms. The van der Waals surface area contributed by atoms with Gasteiger partial charge in [-0.05, 0) is 29.8 Å². The third kappa shape index (κ3) is 3.38. The topological polar surface area (TPSA) is 59.0 Å². The van der Waals surface area contributed by atoms with Crippen molar-refractivity contribution >= 4 is 29.1 Å². The highest BCUT2D eigenvalue weighted by Crippen LogP contribution is 2.34. The molecule has 0 aliphatic rings. The smallest absolute Gasteiger partial charge is 0.134 e. The van der Waals surface area contributed by atoms with E-state index in [-0.39, 0.29) is 0 Å². The summed E-state index contributed by atoms with van der Waals surface area (Å²) in [6, 6.07) is 12.9. The lowest BCUT2D eigenvalue weighted by Crippen LogP contribution is -1.91. The minimum Gasteiger partial charge on any atom is -0.496 e. The van der Waals surface area contributed by atoms with Gasteiger partial charge in [-0.1, -0.05) is 17.7 Å². The summed E-state index contributed by atoms with van der Waals surface area (Å²) in [5.74, 6) is 1.45. The first-order valence-electron chi connectivity index (χ1n) is 5.89. The van der Waals surface area contributed by atoms with Crippen LogP contribution in [0.5, 0.6) is 5.75 Å². The van der Waals surface area contributed by atoms with Gasteiger partial charge < -0.3 is 10.5 Å². The molecular formula is C15H13ClN2OS. The zero-order valence-electron chi connectivity index (χ0n) is 10.9. The molecule has 0 aliphatic carbocycles. The second kappa shape index (κ2) is 6.56. The van der Waals surface area contributed by atoms with Gasteiger partial charge in [0.1, 0.15) is 5.75 Å². The first kappa shape index (κ1) is 14.6. The van der Waals surface area contributed by atoms with Crippen LogP contribution in [0.3, 0.4) is 0 Å². The predicted octanol–water partition coefficient (Wildman–Crippen LogP) is 4.09.